The van der Waals surface area contributed by atoms with E-state index in [1.165, 1.54) is 45.8 Å². The highest BCUT2D eigenvalue weighted by molar-refractivity contribution is 8.00. The Bertz CT molecular complexity index is 944. The van der Waals surface area contributed by atoms with Crippen molar-refractivity contribution in [3.05, 3.63) is 53.3 Å². The van der Waals surface area contributed by atoms with Crippen molar-refractivity contribution in [1.82, 2.24) is 15.1 Å². The molecule has 2 aliphatic rings. The first kappa shape index (κ1) is 25.0. The number of thioether (sulfide) groups is 1. The van der Waals surface area contributed by atoms with Gasteiger partial charge in [-0.1, -0.05) is 24.3 Å². The number of hydrogen-bond donors (Lipinski definition) is 4. The number of fused-ring (bicyclic) bond motifs is 1. The van der Waals surface area contributed by atoms with Crippen LogP contribution in [-0.2, 0) is 19.2 Å². The van der Waals surface area contributed by atoms with Gasteiger partial charge in [0.05, 0.1) is 0 Å². The van der Waals surface area contributed by atoms with Crippen molar-refractivity contribution in [1.29, 1.82) is 0 Å². The van der Waals surface area contributed by atoms with E-state index < -0.39 is 35.2 Å². The van der Waals surface area contributed by atoms with E-state index in [4.69, 9.17) is 5.73 Å². The molecule has 32 heavy (non-hydrogen) atoms. The Kier molecular flexibility index (Phi) is 8.44. The van der Waals surface area contributed by atoms with Crippen molar-refractivity contribution in [3.63, 3.8) is 0 Å². The van der Waals surface area contributed by atoms with E-state index in [0.29, 0.717) is 16.9 Å². The van der Waals surface area contributed by atoms with Gasteiger partial charge in [0, 0.05) is 19.8 Å². The van der Waals surface area contributed by atoms with Crippen LogP contribution in [0.2, 0.25) is 0 Å². The number of aliphatic carboxylic acids is 1. The molecule has 1 fully saturated rings. The molecule has 3 rings (SSSR count). The summed E-state index contributed by atoms with van der Waals surface area (Å²) in [5, 5.41) is 20.9. The molecule has 0 spiro atoms. The Morgan fingerprint density at radius 1 is 1.31 bits per heavy atom. The molecule has 3 atom stereocenters. The zero-order valence-corrected chi connectivity index (χ0v) is 18.7. The van der Waals surface area contributed by atoms with Crippen LogP contribution in [0.5, 0.6) is 5.75 Å². The summed E-state index contributed by atoms with van der Waals surface area (Å²) in [5.74, 6) is -1.71. The number of carboxylic acid groups (broad SMARTS) is 1. The summed E-state index contributed by atoms with van der Waals surface area (Å²) in [6, 6.07) is 4.06. The monoisotopic (exact) mass is 462 g/mol. The molecule has 2 heterocycles. The molecule has 0 aliphatic carbocycles. The standard InChI is InChI=1S/C18H19N3O5S.C3H7NO/c1-2-3-10-8-27-17-13(16(24)21(17)14(10)18(25)26)20-15(23)12(19)9-4-6-11(22)7-5-9;1-4(2)3-5/h2-7,12-13,17,22H,8,19H2,1H3,(H,20,23)(H,25,26);3H,1-2H3/b3-2+;/t12?,13-,17-;/m1./s1. The van der Waals surface area contributed by atoms with E-state index in [9.17, 15) is 29.4 Å². The lowest BCUT2D eigenvalue weighted by atomic mass is 10.0. The lowest BCUT2D eigenvalue weighted by Gasteiger charge is -2.49. The van der Waals surface area contributed by atoms with Crippen LogP contribution in [0.4, 0.5) is 0 Å². The second-order valence-electron chi connectivity index (χ2n) is 7.21. The number of allylic oxidation sites excluding steroid dienone is 2. The number of nitrogens with two attached hydrogens (primary N) is 1. The number of aromatic hydroxyl groups is 1. The first-order chi connectivity index (χ1) is 15.1. The van der Waals surface area contributed by atoms with Gasteiger partial charge in [0.2, 0.25) is 12.3 Å². The minimum absolute atomic E-state index is 0.0461. The normalized spacial score (nSPS) is 20.5. The van der Waals surface area contributed by atoms with Crippen LogP contribution in [0.25, 0.3) is 0 Å². The van der Waals surface area contributed by atoms with Crippen molar-refractivity contribution >= 4 is 36.0 Å². The summed E-state index contributed by atoms with van der Waals surface area (Å²) in [6.45, 7) is 1.77. The fraction of sp³-hybridized carbons (Fsp3) is 0.333. The van der Waals surface area contributed by atoms with Crippen molar-refractivity contribution in [3.8, 4) is 5.75 Å². The van der Waals surface area contributed by atoms with Gasteiger partial charge in [-0.15, -0.1) is 11.8 Å². The smallest absolute Gasteiger partial charge is 0.352 e. The Morgan fingerprint density at radius 2 is 1.91 bits per heavy atom. The predicted octanol–water partition coefficient (Wildman–Crippen LogP) is 0.411. The molecular weight excluding hydrogens is 436 g/mol. The molecule has 0 aromatic heterocycles. The largest absolute Gasteiger partial charge is 0.508 e. The lowest BCUT2D eigenvalue weighted by molar-refractivity contribution is -0.150. The fourth-order valence-electron chi connectivity index (χ4n) is 3.05. The molecule has 10 nitrogen and oxygen atoms in total. The van der Waals surface area contributed by atoms with Gasteiger partial charge in [-0.2, -0.15) is 0 Å². The van der Waals surface area contributed by atoms with Crippen LogP contribution in [-0.4, -0.2) is 75.5 Å². The second kappa shape index (κ2) is 10.8. The van der Waals surface area contributed by atoms with Crippen LogP contribution in [0.1, 0.15) is 18.5 Å². The highest BCUT2D eigenvalue weighted by Crippen LogP contribution is 2.40. The number of β-lactam (4-membered cyclic amide) rings is 1. The highest BCUT2D eigenvalue weighted by atomic mass is 32.2. The van der Waals surface area contributed by atoms with Gasteiger partial charge in [-0.05, 0) is 30.2 Å². The molecule has 3 amide bonds. The number of carbonyl (C=O) groups is 4. The zero-order valence-electron chi connectivity index (χ0n) is 17.9. The molecule has 11 heteroatoms. The minimum atomic E-state index is -1.17. The average Bonchev–Trinajstić information content (AvgIpc) is 2.77. The first-order valence-corrected chi connectivity index (χ1v) is 10.7. The van der Waals surface area contributed by atoms with Crippen LogP contribution >= 0.6 is 11.8 Å². The van der Waals surface area contributed by atoms with Crippen molar-refractivity contribution < 1.29 is 29.4 Å². The molecule has 1 saturated heterocycles. The lowest BCUT2D eigenvalue weighted by Crippen LogP contribution is -2.71. The van der Waals surface area contributed by atoms with E-state index in [1.807, 2.05) is 0 Å². The van der Waals surface area contributed by atoms with Crippen LogP contribution in [0.3, 0.4) is 0 Å². The second-order valence-corrected chi connectivity index (χ2v) is 8.32. The van der Waals surface area contributed by atoms with E-state index in [1.54, 1.807) is 33.2 Å². The Morgan fingerprint density at radius 3 is 2.41 bits per heavy atom. The summed E-state index contributed by atoms with van der Waals surface area (Å²) in [4.78, 5) is 48.6. The molecule has 1 unspecified atom stereocenters. The molecule has 0 radical (unpaired) electrons. The maximum Gasteiger partial charge on any atom is 0.352 e. The van der Waals surface area contributed by atoms with Crippen LogP contribution < -0.4 is 11.1 Å². The maximum atomic E-state index is 12.5. The number of nitrogens with zero attached hydrogens (tertiary/aromatic N) is 2. The van der Waals surface area contributed by atoms with E-state index in [2.05, 4.69) is 5.32 Å². The molecule has 2 aliphatic heterocycles. The Balaban J connectivity index is 0.000000654. The summed E-state index contributed by atoms with van der Waals surface area (Å²) in [7, 11) is 3.38. The van der Waals surface area contributed by atoms with Gasteiger partial charge in [-0.3, -0.25) is 19.3 Å². The van der Waals surface area contributed by atoms with Gasteiger partial charge in [0.25, 0.3) is 5.91 Å². The molecular formula is C21H26N4O6S. The molecule has 5 N–H and O–H groups in total. The Hall–Kier alpha value is -3.31. The summed E-state index contributed by atoms with van der Waals surface area (Å²) >= 11 is 1.39. The van der Waals surface area contributed by atoms with Crippen LogP contribution in [0.15, 0.2) is 47.7 Å². The number of nitrogens with one attached hydrogen (secondary N) is 1. The topological polar surface area (TPSA) is 153 Å². The van der Waals surface area contributed by atoms with Crippen molar-refractivity contribution in [2.45, 2.75) is 24.4 Å². The maximum absolute atomic E-state index is 12.5. The first-order valence-electron chi connectivity index (χ1n) is 9.62. The third kappa shape index (κ3) is 5.48. The zero-order chi connectivity index (χ0) is 24.0. The molecule has 1 aromatic carbocycles. The van der Waals surface area contributed by atoms with Crippen molar-refractivity contribution in [2.24, 2.45) is 5.73 Å². The molecule has 0 bridgehead atoms. The van der Waals surface area contributed by atoms with E-state index in [-0.39, 0.29) is 11.4 Å². The summed E-state index contributed by atoms with van der Waals surface area (Å²) in [6.07, 6.45) is 4.14. The minimum Gasteiger partial charge on any atom is -0.508 e. The highest BCUT2D eigenvalue weighted by Gasteiger charge is 2.54. The van der Waals surface area contributed by atoms with Gasteiger partial charge in [-0.25, -0.2) is 4.79 Å². The van der Waals surface area contributed by atoms with Gasteiger partial charge in [0.15, 0.2) is 0 Å². The van der Waals surface area contributed by atoms with E-state index >= 15 is 0 Å². The number of carbonyl (C=O) groups excluding carboxylic acids is 3. The van der Waals surface area contributed by atoms with Gasteiger partial charge in [0.1, 0.15) is 28.9 Å². The predicted molar refractivity (Wildman–Crippen MR) is 119 cm³/mol. The average molecular weight is 463 g/mol. The summed E-state index contributed by atoms with van der Waals surface area (Å²) in [5.41, 5.74) is 6.93. The van der Waals surface area contributed by atoms with Crippen molar-refractivity contribution in [2.75, 3.05) is 19.8 Å². The third-order valence-electron chi connectivity index (χ3n) is 4.61. The number of phenols is 1. The number of rotatable bonds is 6. The summed E-state index contributed by atoms with van der Waals surface area (Å²) < 4.78 is 0. The number of phenolic OH excluding ortho intramolecular Hbond substituents is 1. The van der Waals surface area contributed by atoms with Gasteiger partial charge >= 0.3 is 5.97 Å². The molecule has 172 valence electrons. The number of hydrogen-bond acceptors (Lipinski definition) is 7. The molecule has 0 saturated carbocycles. The van der Waals surface area contributed by atoms with Crippen LogP contribution in [0, 0.1) is 0 Å². The van der Waals surface area contributed by atoms with Gasteiger partial charge < -0.3 is 26.2 Å². The van der Waals surface area contributed by atoms with E-state index in [0.717, 1.165) is 6.41 Å². The number of amides is 3. The molecule has 1 aromatic rings. The SMILES string of the molecule is C/C=C/C1=C(C(=O)O)N2C(=O)[C@@H](NC(=O)C(N)c3ccc(O)cc3)[C@H]2SC1.CN(C)C=O. The number of benzene rings is 1. The fourth-order valence-corrected chi connectivity index (χ4v) is 4.37. The Labute approximate surface area is 189 Å². The third-order valence-corrected chi connectivity index (χ3v) is 5.91. The number of carboxylic acids is 1. The quantitative estimate of drug-likeness (QED) is 0.350.